The highest BCUT2D eigenvalue weighted by Crippen LogP contribution is 2.41. The SMILES string of the molecule is O=C(CN1c2cccc3cccc(c23)S1(=O)=O)c1ccc[nH]1. The molecule has 2 aromatic carbocycles. The third-order valence-electron chi connectivity index (χ3n) is 3.87. The maximum atomic E-state index is 12.7. The van der Waals surface area contributed by atoms with Crippen LogP contribution in [0.5, 0.6) is 0 Å². The van der Waals surface area contributed by atoms with Gasteiger partial charge in [-0.25, -0.2) is 8.42 Å². The second-order valence-corrected chi connectivity index (χ2v) is 6.98. The van der Waals surface area contributed by atoms with Crippen molar-refractivity contribution in [2.75, 3.05) is 10.8 Å². The molecule has 2 heterocycles. The van der Waals surface area contributed by atoms with Crippen molar-refractivity contribution in [2.24, 2.45) is 0 Å². The molecule has 0 fully saturated rings. The largest absolute Gasteiger partial charge is 0.359 e. The van der Waals surface area contributed by atoms with E-state index in [2.05, 4.69) is 4.98 Å². The van der Waals surface area contributed by atoms with Crippen LogP contribution >= 0.6 is 0 Å². The number of aromatic amines is 1. The van der Waals surface area contributed by atoms with Crippen LogP contribution in [-0.2, 0) is 10.0 Å². The topological polar surface area (TPSA) is 70.2 Å². The van der Waals surface area contributed by atoms with E-state index >= 15 is 0 Å². The van der Waals surface area contributed by atoms with Gasteiger partial charge in [0.15, 0.2) is 5.78 Å². The van der Waals surface area contributed by atoms with Crippen molar-refractivity contribution >= 4 is 32.3 Å². The molecule has 1 aliphatic heterocycles. The summed E-state index contributed by atoms with van der Waals surface area (Å²) >= 11 is 0. The van der Waals surface area contributed by atoms with Gasteiger partial charge in [0.25, 0.3) is 10.0 Å². The number of Topliss-reactive ketones (excluding diaryl/α,β-unsaturated/α-hetero) is 1. The summed E-state index contributed by atoms with van der Waals surface area (Å²) in [6.45, 7) is -0.212. The standard InChI is InChI=1S/C16H12N2O3S/c19-14(12-6-3-9-17-12)10-18-13-7-1-4-11-5-2-8-15(16(11)13)22(18,20)21/h1-9,17H,10H2. The lowest BCUT2D eigenvalue weighted by molar-refractivity contribution is 0.0998. The molecule has 0 radical (unpaired) electrons. The summed E-state index contributed by atoms with van der Waals surface area (Å²) in [5.74, 6) is -0.265. The molecule has 0 saturated heterocycles. The number of sulfonamides is 1. The maximum absolute atomic E-state index is 12.7. The molecule has 0 spiro atoms. The van der Waals surface area contributed by atoms with E-state index in [0.717, 1.165) is 5.39 Å². The number of aromatic nitrogens is 1. The van der Waals surface area contributed by atoms with Crippen LogP contribution in [0.25, 0.3) is 10.8 Å². The van der Waals surface area contributed by atoms with Crippen molar-refractivity contribution < 1.29 is 13.2 Å². The molecule has 110 valence electrons. The summed E-state index contributed by atoms with van der Waals surface area (Å²) in [6.07, 6.45) is 1.64. The molecule has 1 aromatic heterocycles. The summed E-state index contributed by atoms with van der Waals surface area (Å²) in [6, 6.07) is 13.9. The zero-order valence-electron chi connectivity index (χ0n) is 11.5. The summed E-state index contributed by atoms with van der Waals surface area (Å²) in [7, 11) is -3.69. The highest BCUT2D eigenvalue weighted by Gasteiger charge is 2.36. The Kier molecular flexibility index (Phi) is 2.65. The number of anilines is 1. The van der Waals surface area contributed by atoms with E-state index in [4.69, 9.17) is 0 Å². The first-order chi connectivity index (χ1) is 10.6. The van der Waals surface area contributed by atoms with E-state index in [-0.39, 0.29) is 17.2 Å². The first kappa shape index (κ1) is 13.1. The van der Waals surface area contributed by atoms with Crippen molar-refractivity contribution in [1.29, 1.82) is 0 Å². The third kappa shape index (κ3) is 1.70. The van der Waals surface area contributed by atoms with Crippen LogP contribution in [0, 0.1) is 0 Å². The smallest absolute Gasteiger partial charge is 0.265 e. The molecule has 0 unspecified atom stereocenters. The molecule has 1 aliphatic rings. The van der Waals surface area contributed by atoms with E-state index in [1.54, 1.807) is 42.6 Å². The Morgan fingerprint density at radius 2 is 1.82 bits per heavy atom. The van der Waals surface area contributed by atoms with Crippen molar-refractivity contribution in [3.8, 4) is 0 Å². The number of hydrogen-bond donors (Lipinski definition) is 1. The Balaban J connectivity index is 1.85. The molecule has 1 N–H and O–H groups in total. The molecule has 4 rings (SSSR count). The molecule has 0 atom stereocenters. The van der Waals surface area contributed by atoms with Gasteiger partial charge in [0.05, 0.1) is 22.8 Å². The minimum absolute atomic E-state index is 0.212. The molecule has 0 saturated carbocycles. The fraction of sp³-hybridized carbons (Fsp3) is 0.0625. The van der Waals surface area contributed by atoms with Gasteiger partial charge in [0.2, 0.25) is 0 Å². The van der Waals surface area contributed by atoms with Crippen LogP contribution < -0.4 is 4.31 Å². The Hall–Kier alpha value is -2.60. The maximum Gasteiger partial charge on any atom is 0.265 e. The van der Waals surface area contributed by atoms with Gasteiger partial charge in [0, 0.05) is 11.6 Å². The Bertz CT molecular complexity index is 986. The predicted octanol–water partition coefficient (Wildman–Crippen LogP) is 2.56. The molecule has 0 amide bonds. The lowest BCUT2D eigenvalue weighted by Crippen LogP contribution is -2.32. The van der Waals surface area contributed by atoms with Gasteiger partial charge < -0.3 is 4.98 Å². The lowest BCUT2D eigenvalue weighted by atomic mass is 10.1. The zero-order chi connectivity index (χ0) is 15.3. The highest BCUT2D eigenvalue weighted by atomic mass is 32.2. The molecule has 6 heteroatoms. The fourth-order valence-electron chi connectivity index (χ4n) is 2.85. The van der Waals surface area contributed by atoms with Crippen LogP contribution in [0.1, 0.15) is 10.5 Å². The van der Waals surface area contributed by atoms with Gasteiger partial charge in [0.1, 0.15) is 0 Å². The second-order valence-electron chi connectivity index (χ2n) is 5.15. The monoisotopic (exact) mass is 312 g/mol. The van der Waals surface area contributed by atoms with Gasteiger partial charge in [-0.15, -0.1) is 0 Å². The number of carbonyl (C=O) groups is 1. The average Bonchev–Trinajstić information content (AvgIpc) is 3.11. The summed E-state index contributed by atoms with van der Waals surface area (Å²) in [5.41, 5.74) is 0.964. The van der Waals surface area contributed by atoms with E-state index < -0.39 is 10.0 Å². The normalized spacial score (nSPS) is 15.4. The molecular formula is C16H12N2O3S. The Morgan fingerprint density at radius 3 is 2.55 bits per heavy atom. The summed E-state index contributed by atoms with van der Waals surface area (Å²) in [5, 5.41) is 1.54. The first-order valence-corrected chi connectivity index (χ1v) is 8.24. The molecule has 3 aromatic rings. The number of hydrogen-bond acceptors (Lipinski definition) is 3. The Labute approximate surface area is 127 Å². The van der Waals surface area contributed by atoms with Crippen LogP contribution in [0.4, 0.5) is 5.69 Å². The van der Waals surface area contributed by atoms with Crippen LogP contribution in [0.2, 0.25) is 0 Å². The van der Waals surface area contributed by atoms with Gasteiger partial charge in [-0.1, -0.05) is 24.3 Å². The second kappa shape index (κ2) is 4.45. The molecular weight excluding hydrogens is 300 g/mol. The molecule has 0 aliphatic carbocycles. The number of ketones is 1. The number of nitrogens with zero attached hydrogens (tertiary/aromatic N) is 1. The number of rotatable bonds is 3. The first-order valence-electron chi connectivity index (χ1n) is 6.80. The molecule has 0 bridgehead atoms. The predicted molar refractivity (Wildman–Crippen MR) is 83.6 cm³/mol. The molecule has 5 nitrogen and oxygen atoms in total. The van der Waals surface area contributed by atoms with Crippen molar-refractivity contribution in [3.05, 3.63) is 60.4 Å². The number of benzene rings is 2. The van der Waals surface area contributed by atoms with Gasteiger partial charge in [-0.2, -0.15) is 0 Å². The zero-order valence-corrected chi connectivity index (χ0v) is 12.3. The van der Waals surface area contributed by atoms with Crippen molar-refractivity contribution in [2.45, 2.75) is 4.90 Å². The van der Waals surface area contributed by atoms with E-state index in [9.17, 15) is 13.2 Å². The van der Waals surface area contributed by atoms with E-state index in [0.29, 0.717) is 16.8 Å². The van der Waals surface area contributed by atoms with Crippen LogP contribution in [-0.4, -0.2) is 25.7 Å². The average molecular weight is 312 g/mol. The summed E-state index contributed by atoms with van der Waals surface area (Å²) in [4.78, 5) is 15.4. The van der Waals surface area contributed by atoms with E-state index in [1.807, 2.05) is 12.1 Å². The van der Waals surface area contributed by atoms with Crippen molar-refractivity contribution in [3.63, 3.8) is 0 Å². The quantitative estimate of drug-likeness (QED) is 0.756. The van der Waals surface area contributed by atoms with Gasteiger partial charge >= 0.3 is 0 Å². The van der Waals surface area contributed by atoms with Crippen LogP contribution in [0.15, 0.2) is 59.6 Å². The Morgan fingerprint density at radius 1 is 1.05 bits per heavy atom. The number of carbonyl (C=O) groups excluding carboxylic acids is 1. The van der Waals surface area contributed by atoms with Gasteiger partial charge in [-0.3, -0.25) is 9.10 Å². The lowest BCUT2D eigenvalue weighted by Gasteiger charge is -2.17. The van der Waals surface area contributed by atoms with Crippen molar-refractivity contribution in [1.82, 2.24) is 4.98 Å². The minimum atomic E-state index is -3.69. The summed E-state index contributed by atoms with van der Waals surface area (Å²) < 4.78 is 26.7. The highest BCUT2D eigenvalue weighted by molar-refractivity contribution is 7.93. The number of nitrogens with one attached hydrogen (secondary N) is 1. The minimum Gasteiger partial charge on any atom is -0.359 e. The molecule has 22 heavy (non-hydrogen) atoms. The van der Waals surface area contributed by atoms with Crippen LogP contribution in [0.3, 0.4) is 0 Å². The number of H-pyrrole nitrogens is 1. The fourth-order valence-corrected chi connectivity index (χ4v) is 4.51. The van der Waals surface area contributed by atoms with E-state index in [1.165, 1.54) is 4.31 Å². The van der Waals surface area contributed by atoms with Gasteiger partial charge in [-0.05, 0) is 29.7 Å². The third-order valence-corrected chi connectivity index (χ3v) is 5.67.